The van der Waals surface area contributed by atoms with E-state index in [4.69, 9.17) is 0 Å². The molecule has 5 heteroatoms. The summed E-state index contributed by atoms with van der Waals surface area (Å²) in [6, 6.07) is 5.79. The summed E-state index contributed by atoms with van der Waals surface area (Å²) in [6.45, 7) is 6.82. The van der Waals surface area contributed by atoms with Crippen molar-refractivity contribution in [2.75, 3.05) is 32.7 Å². The fourth-order valence-corrected chi connectivity index (χ4v) is 4.81. The van der Waals surface area contributed by atoms with Gasteiger partial charge in [0, 0.05) is 31.5 Å². The van der Waals surface area contributed by atoms with Crippen LogP contribution in [0.2, 0.25) is 0 Å². The van der Waals surface area contributed by atoms with Crippen molar-refractivity contribution in [3.05, 3.63) is 35.6 Å². The van der Waals surface area contributed by atoms with Crippen LogP contribution in [0.3, 0.4) is 0 Å². The molecule has 0 saturated carbocycles. The van der Waals surface area contributed by atoms with Gasteiger partial charge < -0.3 is 4.90 Å². The molecule has 2 aliphatic heterocycles. The molecular formula is C23H33FN2O2. The van der Waals surface area contributed by atoms with Crippen LogP contribution in [0.25, 0.3) is 0 Å². The third-order valence-corrected chi connectivity index (χ3v) is 6.53. The maximum absolute atomic E-state index is 13.0. The van der Waals surface area contributed by atoms with E-state index < -0.39 is 0 Å². The molecule has 1 aromatic rings. The number of benzene rings is 1. The molecular weight excluding hydrogens is 355 g/mol. The Morgan fingerprint density at radius 2 is 1.64 bits per heavy atom. The van der Waals surface area contributed by atoms with Crippen LogP contribution in [0.4, 0.5) is 4.39 Å². The third kappa shape index (κ3) is 4.87. The Kier molecular flexibility index (Phi) is 7.36. The zero-order chi connectivity index (χ0) is 20.0. The van der Waals surface area contributed by atoms with Crippen LogP contribution < -0.4 is 0 Å². The van der Waals surface area contributed by atoms with E-state index in [2.05, 4.69) is 9.80 Å². The Hall–Kier alpha value is -1.59. The van der Waals surface area contributed by atoms with E-state index in [0.717, 1.165) is 52.0 Å². The number of likely N-dealkylation sites (tertiary alicyclic amines) is 2. The van der Waals surface area contributed by atoms with Crippen molar-refractivity contribution in [3.63, 3.8) is 0 Å². The molecule has 0 atom stereocenters. The second-order valence-corrected chi connectivity index (χ2v) is 8.23. The van der Waals surface area contributed by atoms with Crippen LogP contribution in [0.15, 0.2) is 24.3 Å². The van der Waals surface area contributed by atoms with E-state index in [1.807, 2.05) is 6.92 Å². The zero-order valence-corrected chi connectivity index (χ0v) is 17.1. The second-order valence-electron chi connectivity index (χ2n) is 8.23. The fraction of sp³-hybridized carbons (Fsp3) is 0.652. The van der Waals surface area contributed by atoms with Crippen molar-refractivity contribution in [3.8, 4) is 0 Å². The van der Waals surface area contributed by atoms with E-state index in [0.29, 0.717) is 24.2 Å². The van der Waals surface area contributed by atoms with E-state index in [1.165, 1.54) is 31.4 Å². The number of carbonyl (C=O) groups is 2. The average Bonchev–Trinajstić information content (AvgIpc) is 2.74. The summed E-state index contributed by atoms with van der Waals surface area (Å²) in [6.07, 6.45) is 7.39. The molecule has 2 aliphatic rings. The quantitative estimate of drug-likeness (QED) is 0.629. The lowest BCUT2D eigenvalue weighted by Gasteiger charge is -2.49. The monoisotopic (exact) mass is 388 g/mol. The van der Waals surface area contributed by atoms with Crippen molar-refractivity contribution in [2.24, 2.45) is 0 Å². The Morgan fingerprint density at radius 1 is 1.00 bits per heavy atom. The Labute approximate surface area is 168 Å². The lowest BCUT2D eigenvalue weighted by molar-refractivity contribution is -0.135. The van der Waals surface area contributed by atoms with E-state index >= 15 is 0 Å². The fourth-order valence-electron chi connectivity index (χ4n) is 4.81. The third-order valence-electron chi connectivity index (χ3n) is 6.53. The van der Waals surface area contributed by atoms with Crippen molar-refractivity contribution < 1.29 is 14.0 Å². The minimum absolute atomic E-state index is 0.0702. The number of piperidine rings is 2. The summed E-state index contributed by atoms with van der Waals surface area (Å²) in [4.78, 5) is 30.0. The molecule has 0 aliphatic carbocycles. The van der Waals surface area contributed by atoms with Gasteiger partial charge in [-0.15, -0.1) is 0 Å². The molecule has 28 heavy (non-hydrogen) atoms. The van der Waals surface area contributed by atoms with Crippen LogP contribution in [0, 0.1) is 5.82 Å². The molecule has 154 valence electrons. The van der Waals surface area contributed by atoms with Crippen LogP contribution in [0.5, 0.6) is 0 Å². The van der Waals surface area contributed by atoms with Gasteiger partial charge in [-0.05, 0) is 76.0 Å². The summed E-state index contributed by atoms with van der Waals surface area (Å²) in [5, 5.41) is 0. The van der Waals surface area contributed by atoms with E-state index in [1.54, 1.807) is 12.1 Å². The van der Waals surface area contributed by atoms with Gasteiger partial charge in [0.05, 0.1) is 5.54 Å². The summed E-state index contributed by atoms with van der Waals surface area (Å²) < 4.78 is 13.0. The number of Topliss-reactive ketones (excluding diaryl/α,β-unsaturated/α-hetero) is 2. The second kappa shape index (κ2) is 9.75. The van der Waals surface area contributed by atoms with Gasteiger partial charge in [0.15, 0.2) is 11.6 Å². The molecule has 0 N–H and O–H groups in total. The number of halogens is 1. The average molecular weight is 389 g/mol. The van der Waals surface area contributed by atoms with Gasteiger partial charge in [0.2, 0.25) is 0 Å². The minimum Gasteiger partial charge on any atom is -0.303 e. The molecule has 0 unspecified atom stereocenters. The van der Waals surface area contributed by atoms with Gasteiger partial charge in [-0.2, -0.15) is 0 Å². The zero-order valence-electron chi connectivity index (χ0n) is 17.1. The first kappa shape index (κ1) is 21.1. The Balaban J connectivity index is 1.48. The number of ketones is 2. The van der Waals surface area contributed by atoms with Gasteiger partial charge >= 0.3 is 0 Å². The highest BCUT2D eigenvalue weighted by Crippen LogP contribution is 2.33. The number of nitrogens with zero attached hydrogens (tertiary/aromatic N) is 2. The highest BCUT2D eigenvalue weighted by atomic mass is 19.1. The van der Waals surface area contributed by atoms with Crippen LogP contribution >= 0.6 is 0 Å². The molecule has 3 rings (SSSR count). The van der Waals surface area contributed by atoms with Crippen molar-refractivity contribution in [2.45, 2.75) is 63.8 Å². The predicted molar refractivity (Wildman–Crippen MR) is 109 cm³/mol. The number of rotatable bonds is 8. The molecule has 2 fully saturated rings. The molecule has 1 aromatic carbocycles. The normalized spacial score (nSPS) is 20.8. The van der Waals surface area contributed by atoms with Gasteiger partial charge in [-0.3, -0.25) is 14.5 Å². The lowest BCUT2D eigenvalue weighted by Crippen LogP contribution is -2.61. The Morgan fingerprint density at radius 3 is 2.25 bits per heavy atom. The molecule has 2 heterocycles. The van der Waals surface area contributed by atoms with Crippen molar-refractivity contribution >= 4 is 11.6 Å². The largest absolute Gasteiger partial charge is 0.303 e. The topological polar surface area (TPSA) is 40.6 Å². The van der Waals surface area contributed by atoms with Gasteiger partial charge in [0.25, 0.3) is 0 Å². The lowest BCUT2D eigenvalue weighted by atomic mass is 9.79. The molecule has 2 saturated heterocycles. The van der Waals surface area contributed by atoms with Gasteiger partial charge in [-0.25, -0.2) is 4.39 Å². The summed E-state index contributed by atoms with van der Waals surface area (Å²) in [7, 11) is 0. The van der Waals surface area contributed by atoms with E-state index in [-0.39, 0.29) is 17.1 Å². The number of hydrogen-bond acceptors (Lipinski definition) is 4. The first-order valence-electron chi connectivity index (χ1n) is 10.8. The van der Waals surface area contributed by atoms with Crippen LogP contribution in [-0.4, -0.2) is 59.6 Å². The SMILES string of the molecule is CCC(=O)C1(N2CCCCC2)CCN(CCCC(=O)c2ccc(F)cc2)CC1. The van der Waals surface area contributed by atoms with Gasteiger partial charge in [0.1, 0.15) is 5.82 Å². The maximum Gasteiger partial charge on any atom is 0.162 e. The van der Waals surface area contributed by atoms with Crippen LogP contribution in [-0.2, 0) is 4.79 Å². The Bertz CT molecular complexity index is 660. The summed E-state index contributed by atoms with van der Waals surface area (Å²) >= 11 is 0. The molecule has 0 bridgehead atoms. The number of hydrogen-bond donors (Lipinski definition) is 0. The van der Waals surface area contributed by atoms with Gasteiger partial charge in [-0.1, -0.05) is 13.3 Å². The summed E-state index contributed by atoms with van der Waals surface area (Å²) in [5.74, 6) is 0.157. The summed E-state index contributed by atoms with van der Waals surface area (Å²) in [5.41, 5.74) is 0.327. The van der Waals surface area contributed by atoms with Crippen LogP contribution in [0.1, 0.15) is 68.6 Å². The smallest absolute Gasteiger partial charge is 0.162 e. The predicted octanol–water partition coefficient (Wildman–Crippen LogP) is 4.09. The highest BCUT2D eigenvalue weighted by Gasteiger charge is 2.44. The molecule has 0 aromatic heterocycles. The number of carbonyl (C=O) groups excluding carboxylic acids is 2. The highest BCUT2D eigenvalue weighted by molar-refractivity contribution is 5.95. The standard InChI is InChI=1S/C23H33FN2O2/c1-2-22(28)23(26-15-4-3-5-16-26)12-17-25(18-13-23)14-6-7-21(27)19-8-10-20(24)11-9-19/h8-11H,2-7,12-18H2,1H3. The molecule has 0 radical (unpaired) electrons. The first-order valence-corrected chi connectivity index (χ1v) is 10.8. The first-order chi connectivity index (χ1) is 13.5. The van der Waals surface area contributed by atoms with E-state index in [9.17, 15) is 14.0 Å². The molecule has 0 spiro atoms. The molecule has 4 nitrogen and oxygen atoms in total. The maximum atomic E-state index is 13.0. The van der Waals surface area contributed by atoms with Crippen molar-refractivity contribution in [1.29, 1.82) is 0 Å². The van der Waals surface area contributed by atoms with Crippen molar-refractivity contribution in [1.82, 2.24) is 9.80 Å². The minimum atomic E-state index is -0.316. The molecule has 0 amide bonds.